The number of benzene rings is 2. The Labute approximate surface area is 214 Å². The molecular formula is C28H26ClN5O2. The molecule has 1 atom stereocenters. The molecule has 1 saturated heterocycles. The molecule has 2 aromatic carbocycles. The van der Waals surface area contributed by atoms with Crippen molar-refractivity contribution in [3.05, 3.63) is 94.3 Å². The van der Waals surface area contributed by atoms with Crippen molar-refractivity contribution in [1.29, 1.82) is 5.26 Å². The number of pyridine rings is 1. The lowest BCUT2D eigenvalue weighted by Gasteiger charge is -2.35. The summed E-state index contributed by atoms with van der Waals surface area (Å²) in [6, 6.07) is 19.3. The molecule has 1 aliphatic heterocycles. The summed E-state index contributed by atoms with van der Waals surface area (Å²) in [4.78, 5) is 20.4. The van der Waals surface area contributed by atoms with Crippen molar-refractivity contribution < 1.29 is 9.53 Å². The summed E-state index contributed by atoms with van der Waals surface area (Å²) < 4.78 is 7.37. The Morgan fingerprint density at radius 2 is 1.94 bits per heavy atom. The molecule has 3 heterocycles. The van der Waals surface area contributed by atoms with E-state index in [0.717, 1.165) is 35.1 Å². The maximum Gasteiger partial charge on any atom is 0.253 e. The summed E-state index contributed by atoms with van der Waals surface area (Å²) in [5, 5.41) is 14.3. The minimum absolute atomic E-state index is 0.00875. The second kappa shape index (κ2) is 10.5. The van der Waals surface area contributed by atoms with E-state index in [2.05, 4.69) is 21.3 Å². The van der Waals surface area contributed by atoms with Crippen molar-refractivity contribution in [1.82, 2.24) is 19.8 Å². The first kappa shape index (κ1) is 24.0. The molecule has 182 valence electrons. The van der Waals surface area contributed by atoms with E-state index in [9.17, 15) is 10.1 Å². The molecular weight excluding hydrogens is 474 g/mol. The fourth-order valence-corrected chi connectivity index (χ4v) is 4.93. The average Bonchev–Trinajstić information content (AvgIpc) is 3.31. The number of aryl methyl sites for hydroxylation is 1. The molecule has 5 rings (SSSR count). The Hall–Kier alpha value is -3.70. The number of hydrogen-bond donors (Lipinski definition) is 1. The molecule has 1 amide bonds. The first-order valence-corrected chi connectivity index (χ1v) is 12.3. The molecule has 8 heteroatoms. The third-order valence-corrected chi connectivity index (χ3v) is 6.87. The van der Waals surface area contributed by atoms with Gasteiger partial charge in [-0.3, -0.25) is 14.3 Å². The quantitative estimate of drug-likeness (QED) is 0.417. The molecule has 0 radical (unpaired) electrons. The second-order valence-electron chi connectivity index (χ2n) is 8.79. The highest BCUT2D eigenvalue weighted by Crippen LogP contribution is 2.29. The van der Waals surface area contributed by atoms with Crippen LogP contribution in [0.3, 0.4) is 0 Å². The van der Waals surface area contributed by atoms with E-state index in [-0.39, 0.29) is 11.9 Å². The van der Waals surface area contributed by atoms with Crippen LogP contribution in [0.5, 0.6) is 0 Å². The number of nitriles is 1. The van der Waals surface area contributed by atoms with Crippen LogP contribution in [0.25, 0.3) is 16.7 Å². The summed E-state index contributed by atoms with van der Waals surface area (Å²) in [5.41, 5.74) is 3.89. The van der Waals surface area contributed by atoms with E-state index < -0.39 is 0 Å². The van der Waals surface area contributed by atoms with Gasteiger partial charge in [0.25, 0.3) is 5.91 Å². The van der Waals surface area contributed by atoms with Gasteiger partial charge in [0.05, 0.1) is 35.9 Å². The third kappa shape index (κ3) is 4.71. The number of nitrogens with one attached hydrogen (secondary N) is 1. The van der Waals surface area contributed by atoms with Crippen molar-refractivity contribution >= 4 is 28.4 Å². The minimum atomic E-state index is -0.172. The van der Waals surface area contributed by atoms with Crippen LogP contribution in [0.1, 0.15) is 33.1 Å². The molecule has 0 bridgehead atoms. The fourth-order valence-electron chi connectivity index (χ4n) is 4.81. The Kier molecular flexibility index (Phi) is 7.01. The molecule has 0 spiro atoms. The number of fused-ring (bicyclic) bond motifs is 1. The first-order chi connectivity index (χ1) is 17.6. The van der Waals surface area contributed by atoms with E-state index in [1.54, 1.807) is 24.5 Å². The van der Waals surface area contributed by atoms with Crippen LogP contribution in [0.4, 0.5) is 0 Å². The molecule has 2 aromatic heterocycles. The van der Waals surface area contributed by atoms with Crippen LogP contribution in [-0.4, -0.2) is 53.2 Å². The molecule has 7 nitrogen and oxygen atoms in total. The van der Waals surface area contributed by atoms with Gasteiger partial charge in [0.2, 0.25) is 0 Å². The minimum Gasteiger partial charge on any atom is -0.379 e. The Morgan fingerprint density at radius 3 is 2.69 bits per heavy atom. The smallest absolute Gasteiger partial charge is 0.253 e. The van der Waals surface area contributed by atoms with Crippen molar-refractivity contribution in [3.63, 3.8) is 0 Å². The molecule has 1 fully saturated rings. The number of nitrogens with zero attached hydrogens (tertiary/aromatic N) is 4. The first-order valence-electron chi connectivity index (χ1n) is 11.9. The van der Waals surface area contributed by atoms with Crippen LogP contribution < -0.4 is 5.32 Å². The van der Waals surface area contributed by atoms with Gasteiger partial charge in [-0.15, -0.1) is 0 Å². The summed E-state index contributed by atoms with van der Waals surface area (Å²) in [7, 11) is 0. The Bertz CT molecular complexity index is 1430. The summed E-state index contributed by atoms with van der Waals surface area (Å²) in [6.07, 6.45) is 3.43. The van der Waals surface area contributed by atoms with Gasteiger partial charge in [0, 0.05) is 42.4 Å². The number of amides is 1. The molecule has 4 aromatic rings. The van der Waals surface area contributed by atoms with E-state index in [0.29, 0.717) is 41.7 Å². The van der Waals surface area contributed by atoms with Gasteiger partial charge < -0.3 is 10.1 Å². The monoisotopic (exact) mass is 499 g/mol. The summed E-state index contributed by atoms with van der Waals surface area (Å²) >= 11 is 6.12. The van der Waals surface area contributed by atoms with E-state index in [4.69, 9.17) is 16.3 Å². The maximum atomic E-state index is 13.6. The van der Waals surface area contributed by atoms with Crippen molar-refractivity contribution in [2.75, 3.05) is 32.8 Å². The molecule has 36 heavy (non-hydrogen) atoms. The van der Waals surface area contributed by atoms with Gasteiger partial charge in [-0.25, -0.2) is 4.98 Å². The van der Waals surface area contributed by atoms with Crippen LogP contribution in [0, 0.1) is 18.3 Å². The molecule has 0 saturated carbocycles. The number of aromatic nitrogens is 2. The number of morpholine rings is 1. The molecule has 1 N–H and O–H groups in total. The third-order valence-electron chi connectivity index (χ3n) is 6.62. The van der Waals surface area contributed by atoms with E-state index in [1.165, 1.54) is 0 Å². The van der Waals surface area contributed by atoms with Crippen LogP contribution in [0.15, 0.2) is 67.0 Å². The largest absolute Gasteiger partial charge is 0.379 e. The van der Waals surface area contributed by atoms with Gasteiger partial charge >= 0.3 is 0 Å². The molecule has 0 aliphatic carbocycles. The number of carbonyl (C=O) groups excluding carboxylic acids is 1. The van der Waals surface area contributed by atoms with Gasteiger partial charge in [-0.1, -0.05) is 35.9 Å². The maximum absolute atomic E-state index is 13.6. The topological polar surface area (TPSA) is 83.2 Å². The van der Waals surface area contributed by atoms with E-state index in [1.807, 2.05) is 54.0 Å². The number of rotatable bonds is 6. The highest BCUT2D eigenvalue weighted by Gasteiger charge is 2.25. The SMILES string of the molecule is Cc1cccc2c1c(C(=O)NCC(c1ccc(Cl)cc1)N1CCOCC1)cn2-c1ncccc1C#N. The summed E-state index contributed by atoms with van der Waals surface area (Å²) in [5.74, 6) is 0.330. The lowest BCUT2D eigenvalue weighted by atomic mass is 10.0. The average molecular weight is 500 g/mol. The number of ether oxygens (including phenoxy) is 1. The fraction of sp³-hybridized carbons (Fsp3) is 0.250. The lowest BCUT2D eigenvalue weighted by molar-refractivity contribution is 0.0162. The lowest BCUT2D eigenvalue weighted by Crippen LogP contribution is -2.43. The van der Waals surface area contributed by atoms with Crippen LogP contribution in [0.2, 0.25) is 5.02 Å². The van der Waals surface area contributed by atoms with Crippen molar-refractivity contribution in [2.45, 2.75) is 13.0 Å². The van der Waals surface area contributed by atoms with E-state index >= 15 is 0 Å². The Balaban J connectivity index is 1.48. The number of carbonyl (C=O) groups is 1. The highest BCUT2D eigenvalue weighted by molar-refractivity contribution is 6.30. The van der Waals surface area contributed by atoms with Crippen LogP contribution in [-0.2, 0) is 4.74 Å². The number of hydrogen-bond acceptors (Lipinski definition) is 5. The predicted octanol–water partition coefficient (Wildman–Crippen LogP) is 4.66. The van der Waals surface area contributed by atoms with Gasteiger partial charge in [0.1, 0.15) is 6.07 Å². The normalized spacial score (nSPS) is 14.9. The van der Waals surface area contributed by atoms with Crippen molar-refractivity contribution in [2.24, 2.45) is 0 Å². The predicted molar refractivity (Wildman–Crippen MR) is 139 cm³/mol. The summed E-state index contributed by atoms with van der Waals surface area (Å²) in [6.45, 7) is 5.33. The van der Waals surface area contributed by atoms with Gasteiger partial charge in [-0.05, 0) is 48.4 Å². The van der Waals surface area contributed by atoms with Crippen molar-refractivity contribution in [3.8, 4) is 11.9 Å². The zero-order valence-electron chi connectivity index (χ0n) is 19.9. The zero-order chi connectivity index (χ0) is 25.1. The van der Waals surface area contributed by atoms with Gasteiger partial charge in [0.15, 0.2) is 5.82 Å². The highest BCUT2D eigenvalue weighted by atomic mass is 35.5. The molecule has 1 aliphatic rings. The van der Waals surface area contributed by atoms with Crippen LogP contribution >= 0.6 is 11.6 Å². The zero-order valence-corrected chi connectivity index (χ0v) is 20.7. The molecule has 1 unspecified atom stereocenters. The standard InChI is InChI=1S/C28H26ClN5O2/c1-19-4-2-6-24-26(19)23(18-34(24)27-21(16-30)5-3-11-31-27)28(35)32-17-25(33-12-14-36-15-13-33)20-7-9-22(29)10-8-20/h2-11,18,25H,12-15,17H2,1H3,(H,32,35). The Morgan fingerprint density at radius 1 is 1.17 bits per heavy atom. The number of halogens is 1. The second-order valence-corrected chi connectivity index (χ2v) is 9.23. The van der Waals surface area contributed by atoms with Gasteiger partial charge in [-0.2, -0.15) is 5.26 Å².